The molecule has 0 aliphatic carbocycles. The van der Waals surface area contributed by atoms with Gasteiger partial charge in [-0.25, -0.2) is 0 Å². The molecule has 3 N–H and O–H groups in total. The van der Waals surface area contributed by atoms with Crippen molar-refractivity contribution < 1.29 is 14.3 Å². The van der Waals surface area contributed by atoms with E-state index in [2.05, 4.69) is 5.32 Å². The fourth-order valence-corrected chi connectivity index (χ4v) is 1.45. The molecule has 1 rings (SSSR count). The van der Waals surface area contributed by atoms with Crippen molar-refractivity contribution in [2.24, 2.45) is 5.73 Å². The van der Waals surface area contributed by atoms with Crippen molar-refractivity contribution in [3.63, 3.8) is 0 Å². The lowest BCUT2D eigenvalue weighted by Gasteiger charge is -2.12. The number of benzene rings is 1. The van der Waals surface area contributed by atoms with Crippen LogP contribution in [0.15, 0.2) is 18.2 Å². The first-order valence-electron chi connectivity index (χ1n) is 5.91. The summed E-state index contributed by atoms with van der Waals surface area (Å²) in [5.74, 6) is 1.18. The standard InChI is InChI=1S/C13H20N2O3.ClH/c1-4-18-11-6-5-10(7-12(11)17-3)8-15-13(16)9(2)14;/h5-7,9H,4,8,14H2,1-3H3,(H,15,16);1H/t9-;/m1./s1. The second-order valence-corrected chi connectivity index (χ2v) is 3.92. The summed E-state index contributed by atoms with van der Waals surface area (Å²) in [5.41, 5.74) is 6.40. The second-order valence-electron chi connectivity index (χ2n) is 3.92. The van der Waals surface area contributed by atoms with Crippen molar-refractivity contribution in [1.82, 2.24) is 5.32 Å². The maximum Gasteiger partial charge on any atom is 0.236 e. The summed E-state index contributed by atoms with van der Waals surface area (Å²) >= 11 is 0. The highest BCUT2D eigenvalue weighted by atomic mass is 35.5. The molecule has 0 heterocycles. The van der Waals surface area contributed by atoms with Crippen molar-refractivity contribution in [2.45, 2.75) is 26.4 Å². The van der Waals surface area contributed by atoms with Crippen molar-refractivity contribution >= 4 is 18.3 Å². The van der Waals surface area contributed by atoms with E-state index in [0.29, 0.717) is 24.7 Å². The number of halogens is 1. The molecule has 1 aromatic carbocycles. The van der Waals surface area contributed by atoms with Gasteiger partial charge in [0.1, 0.15) is 0 Å². The monoisotopic (exact) mass is 288 g/mol. The Morgan fingerprint density at radius 2 is 2.11 bits per heavy atom. The van der Waals surface area contributed by atoms with Gasteiger partial charge in [-0.1, -0.05) is 6.07 Å². The molecule has 0 saturated heterocycles. The molecule has 0 radical (unpaired) electrons. The van der Waals surface area contributed by atoms with Crippen LogP contribution in [0.5, 0.6) is 11.5 Å². The van der Waals surface area contributed by atoms with Crippen LogP contribution in [-0.2, 0) is 11.3 Å². The largest absolute Gasteiger partial charge is 0.493 e. The Hall–Kier alpha value is -1.46. The molecule has 6 heteroatoms. The van der Waals surface area contributed by atoms with E-state index in [9.17, 15) is 4.79 Å². The van der Waals surface area contributed by atoms with Crippen LogP contribution in [0.4, 0.5) is 0 Å². The van der Waals surface area contributed by atoms with E-state index in [4.69, 9.17) is 15.2 Å². The van der Waals surface area contributed by atoms with Gasteiger partial charge in [0.2, 0.25) is 5.91 Å². The molecule has 0 aliphatic rings. The molecule has 0 fully saturated rings. The fraction of sp³-hybridized carbons (Fsp3) is 0.462. The van der Waals surface area contributed by atoms with Gasteiger partial charge in [-0.3, -0.25) is 4.79 Å². The van der Waals surface area contributed by atoms with Gasteiger partial charge in [-0.2, -0.15) is 0 Å². The number of nitrogens with one attached hydrogen (secondary N) is 1. The van der Waals surface area contributed by atoms with Gasteiger partial charge >= 0.3 is 0 Å². The van der Waals surface area contributed by atoms with Crippen LogP contribution >= 0.6 is 12.4 Å². The van der Waals surface area contributed by atoms with E-state index in [-0.39, 0.29) is 18.3 Å². The predicted molar refractivity (Wildman–Crippen MR) is 76.9 cm³/mol. The zero-order chi connectivity index (χ0) is 13.5. The van der Waals surface area contributed by atoms with Gasteiger partial charge in [0.15, 0.2) is 11.5 Å². The molecule has 0 bridgehead atoms. The lowest BCUT2D eigenvalue weighted by atomic mass is 10.2. The van der Waals surface area contributed by atoms with Gasteiger partial charge in [-0.05, 0) is 31.5 Å². The Kier molecular flexibility index (Phi) is 7.95. The van der Waals surface area contributed by atoms with Crippen LogP contribution in [-0.4, -0.2) is 25.7 Å². The molecular weight excluding hydrogens is 268 g/mol. The third-order valence-electron chi connectivity index (χ3n) is 2.41. The average Bonchev–Trinajstić information content (AvgIpc) is 2.37. The third-order valence-corrected chi connectivity index (χ3v) is 2.41. The Morgan fingerprint density at radius 1 is 1.42 bits per heavy atom. The molecule has 0 aliphatic heterocycles. The average molecular weight is 289 g/mol. The smallest absolute Gasteiger partial charge is 0.236 e. The molecule has 108 valence electrons. The third kappa shape index (κ3) is 5.36. The Labute approximate surface area is 119 Å². The summed E-state index contributed by atoms with van der Waals surface area (Å²) in [5, 5.41) is 2.74. The molecular formula is C13H21ClN2O3. The van der Waals surface area contributed by atoms with Crippen LogP contribution < -0.4 is 20.5 Å². The van der Waals surface area contributed by atoms with Gasteiger partial charge in [0.25, 0.3) is 0 Å². The van der Waals surface area contributed by atoms with E-state index in [0.717, 1.165) is 5.56 Å². The van der Waals surface area contributed by atoms with Crippen LogP contribution in [0.25, 0.3) is 0 Å². The second kappa shape index (κ2) is 8.61. The van der Waals surface area contributed by atoms with Gasteiger partial charge in [-0.15, -0.1) is 12.4 Å². The number of hydrogen-bond donors (Lipinski definition) is 2. The van der Waals surface area contributed by atoms with Crippen LogP contribution in [0.1, 0.15) is 19.4 Å². The summed E-state index contributed by atoms with van der Waals surface area (Å²) in [4.78, 5) is 11.3. The van der Waals surface area contributed by atoms with Gasteiger partial charge in [0.05, 0.1) is 19.8 Å². The highest BCUT2D eigenvalue weighted by molar-refractivity contribution is 5.85. The van der Waals surface area contributed by atoms with Crippen molar-refractivity contribution in [1.29, 1.82) is 0 Å². The summed E-state index contributed by atoms with van der Waals surface area (Å²) in [6.45, 7) is 4.56. The van der Waals surface area contributed by atoms with E-state index < -0.39 is 6.04 Å². The number of ether oxygens (including phenoxy) is 2. The Balaban J connectivity index is 0.00000324. The molecule has 5 nitrogen and oxygen atoms in total. The highest BCUT2D eigenvalue weighted by Crippen LogP contribution is 2.27. The maximum absolute atomic E-state index is 11.3. The topological polar surface area (TPSA) is 73.6 Å². The van der Waals surface area contributed by atoms with E-state index in [1.54, 1.807) is 14.0 Å². The first kappa shape index (κ1) is 17.5. The number of hydrogen-bond acceptors (Lipinski definition) is 4. The lowest BCUT2D eigenvalue weighted by Crippen LogP contribution is -2.37. The molecule has 0 aromatic heterocycles. The molecule has 1 atom stereocenters. The Bertz CT molecular complexity index is 411. The summed E-state index contributed by atoms with van der Waals surface area (Å²) in [7, 11) is 1.59. The summed E-state index contributed by atoms with van der Waals surface area (Å²) < 4.78 is 10.6. The minimum absolute atomic E-state index is 0. The summed E-state index contributed by atoms with van der Waals surface area (Å²) in [6.07, 6.45) is 0. The van der Waals surface area contributed by atoms with Gasteiger partial charge < -0.3 is 20.5 Å². The first-order chi connectivity index (χ1) is 8.58. The van der Waals surface area contributed by atoms with Crippen molar-refractivity contribution in [3.8, 4) is 11.5 Å². The van der Waals surface area contributed by atoms with Gasteiger partial charge in [0, 0.05) is 6.54 Å². The van der Waals surface area contributed by atoms with E-state index in [1.165, 1.54) is 0 Å². The van der Waals surface area contributed by atoms with Crippen molar-refractivity contribution in [3.05, 3.63) is 23.8 Å². The van der Waals surface area contributed by atoms with E-state index in [1.807, 2.05) is 25.1 Å². The molecule has 1 amide bonds. The predicted octanol–water partition coefficient (Wildman–Crippen LogP) is 1.48. The van der Waals surface area contributed by atoms with E-state index >= 15 is 0 Å². The quantitative estimate of drug-likeness (QED) is 0.831. The fourth-order valence-electron chi connectivity index (χ4n) is 1.45. The first-order valence-corrected chi connectivity index (χ1v) is 5.91. The normalized spacial score (nSPS) is 11.2. The lowest BCUT2D eigenvalue weighted by molar-refractivity contribution is -0.122. The van der Waals surface area contributed by atoms with Crippen LogP contribution in [0.3, 0.4) is 0 Å². The Morgan fingerprint density at radius 3 is 2.63 bits per heavy atom. The molecule has 19 heavy (non-hydrogen) atoms. The number of carbonyl (C=O) groups excluding carboxylic acids is 1. The number of nitrogens with two attached hydrogens (primary N) is 1. The zero-order valence-electron chi connectivity index (χ0n) is 11.4. The number of carbonyl (C=O) groups is 1. The van der Waals surface area contributed by atoms with Crippen LogP contribution in [0, 0.1) is 0 Å². The molecule has 1 aromatic rings. The maximum atomic E-state index is 11.3. The highest BCUT2D eigenvalue weighted by Gasteiger charge is 2.08. The summed E-state index contributed by atoms with van der Waals surface area (Å²) in [6, 6.07) is 5.05. The van der Waals surface area contributed by atoms with Crippen molar-refractivity contribution in [2.75, 3.05) is 13.7 Å². The molecule has 0 spiro atoms. The molecule has 0 saturated carbocycles. The number of amides is 1. The minimum Gasteiger partial charge on any atom is -0.493 e. The molecule has 0 unspecified atom stereocenters. The zero-order valence-corrected chi connectivity index (χ0v) is 12.3. The van der Waals surface area contributed by atoms with Crippen LogP contribution in [0.2, 0.25) is 0 Å². The SMILES string of the molecule is CCOc1ccc(CNC(=O)[C@@H](C)N)cc1OC.Cl. The number of methoxy groups -OCH3 is 1. The number of rotatable bonds is 6. The minimum atomic E-state index is -0.505.